The van der Waals surface area contributed by atoms with Gasteiger partial charge in [-0.05, 0) is 12.1 Å². The van der Waals surface area contributed by atoms with E-state index in [1.54, 1.807) is 0 Å². The number of benzene rings is 1. The molecule has 78 valence electrons. The Bertz CT molecular complexity index is 293. The molecule has 1 rings (SSSR count). The first kappa shape index (κ1) is 11.0. The highest BCUT2D eigenvalue weighted by Crippen LogP contribution is 2.26. The van der Waals surface area contributed by atoms with Gasteiger partial charge < -0.3 is 5.73 Å². The van der Waals surface area contributed by atoms with Crippen LogP contribution in [0.2, 0.25) is 0 Å². The summed E-state index contributed by atoms with van der Waals surface area (Å²) in [5.41, 5.74) is 4.40. The van der Waals surface area contributed by atoms with Gasteiger partial charge in [0.25, 0.3) is 0 Å². The molecule has 1 aromatic carbocycles. The van der Waals surface area contributed by atoms with Crippen LogP contribution in [-0.2, 0) is 0 Å². The first-order chi connectivity index (χ1) is 6.57. The minimum absolute atomic E-state index is 0.491. The first-order valence-electron chi connectivity index (χ1n) is 4.00. The van der Waals surface area contributed by atoms with Crippen LogP contribution in [0.5, 0.6) is 0 Å². The molecule has 1 unspecified atom stereocenters. The minimum Gasteiger partial charge on any atom is -0.330 e. The molecule has 0 amide bonds. The molecule has 0 saturated carbocycles. The smallest absolute Gasteiger partial charge is 0.246 e. The zero-order valence-corrected chi connectivity index (χ0v) is 7.18. The second-order valence-corrected chi connectivity index (χ2v) is 2.81. The van der Waals surface area contributed by atoms with Crippen molar-refractivity contribution in [3.05, 3.63) is 35.4 Å². The second kappa shape index (κ2) is 4.41. The lowest BCUT2D eigenvalue weighted by Crippen LogP contribution is -2.22. The van der Waals surface area contributed by atoms with E-state index in [0.717, 1.165) is 18.2 Å². The van der Waals surface area contributed by atoms with E-state index in [1.165, 1.54) is 0 Å². The van der Waals surface area contributed by atoms with Gasteiger partial charge in [-0.15, -0.1) is 0 Å². The molecule has 0 aliphatic carbocycles. The van der Waals surface area contributed by atoms with Crippen molar-refractivity contribution in [2.75, 3.05) is 6.54 Å². The average molecular weight is 207 g/mol. The Morgan fingerprint density at radius 2 is 1.64 bits per heavy atom. The Balaban J connectivity index is 3.15. The maximum Gasteiger partial charge on any atom is 0.246 e. The van der Waals surface area contributed by atoms with Gasteiger partial charge in [0.2, 0.25) is 6.43 Å². The molecule has 0 bridgehead atoms. The second-order valence-electron chi connectivity index (χ2n) is 2.81. The molecule has 0 aliphatic heterocycles. The molecule has 0 spiro atoms. The lowest BCUT2D eigenvalue weighted by molar-refractivity contribution is 0.113. The van der Waals surface area contributed by atoms with Crippen LogP contribution in [-0.4, -0.2) is 13.0 Å². The highest BCUT2D eigenvalue weighted by molar-refractivity contribution is 5.24. The highest BCUT2D eigenvalue weighted by atomic mass is 19.3. The van der Waals surface area contributed by atoms with Crippen molar-refractivity contribution in [2.45, 2.75) is 12.3 Å². The van der Waals surface area contributed by atoms with E-state index in [1.807, 2.05) is 0 Å². The summed E-state index contributed by atoms with van der Waals surface area (Å²) in [5, 5.41) is 0. The molecule has 0 aliphatic rings. The summed E-state index contributed by atoms with van der Waals surface area (Å²) in [4.78, 5) is 0. The van der Waals surface area contributed by atoms with Crippen LogP contribution < -0.4 is 5.73 Å². The third kappa shape index (κ3) is 2.04. The van der Waals surface area contributed by atoms with Gasteiger partial charge in [0, 0.05) is 12.1 Å². The highest BCUT2D eigenvalue weighted by Gasteiger charge is 2.26. The van der Waals surface area contributed by atoms with Crippen molar-refractivity contribution >= 4 is 0 Å². The van der Waals surface area contributed by atoms with Crippen LogP contribution in [0.1, 0.15) is 11.5 Å². The Morgan fingerprint density at radius 3 is 2.00 bits per heavy atom. The molecule has 1 aromatic rings. The average Bonchev–Trinajstić information content (AvgIpc) is 2.10. The summed E-state index contributed by atoms with van der Waals surface area (Å²) in [5.74, 6) is -3.56. The van der Waals surface area contributed by atoms with Gasteiger partial charge in [-0.1, -0.05) is 6.07 Å². The quantitative estimate of drug-likeness (QED) is 0.756. The molecule has 0 heterocycles. The third-order valence-corrected chi connectivity index (χ3v) is 1.93. The molecule has 2 N–H and O–H groups in total. The summed E-state index contributed by atoms with van der Waals surface area (Å²) in [6, 6.07) is 2.99. The largest absolute Gasteiger partial charge is 0.330 e. The van der Waals surface area contributed by atoms with E-state index in [4.69, 9.17) is 5.73 Å². The predicted octanol–water partition coefficient (Wildman–Crippen LogP) is 2.27. The van der Waals surface area contributed by atoms with Crippen molar-refractivity contribution in [1.82, 2.24) is 0 Å². The molecular formula is C9H9F4N. The van der Waals surface area contributed by atoms with Crippen molar-refractivity contribution in [3.63, 3.8) is 0 Å². The molecule has 1 atom stereocenters. The summed E-state index contributed by atoms with van der Waals surface area (Å²) in [6.45, 7) is -0.491. The molecule has 5 heteroatoms. The molecule has 0 fully saturated rings. The summed E-state index contributed by atoms with van der Waals surface area (Å²) in [6.07, 6.45) is -2.87. The first-order valence-corrected chi connectivity index (χ1v) is 4.00. The van der Waals surface area contributed by atoms with E-state index in [9.17, 15) is 17.6 Å². The number of rotatable bonds is 3. The fourth-order valence-electron chi connectivity index (χ4n) is 1.21. The zero-order valence-electron chi connectivity index (χ0n) is 7.18. The minimum atomic E-state index is -2.87. The van der Waals surface area contributed by atoms with Gasteiger partial charge in [0.1, 0.15) is 11.6 Å². The van der Waals surface area contributed by atoms with E-state index in [0.29, 0.717) is 0 Å². The molecule has 0 aromatic heterocycles. The van der Waals surface area contributed by atoms with E-state index >= 15 is 0 Å². The van der Waals surface area contributed by atoms with Crippen LogP contribution in [0, 0.1) is 11.6 Å². The van der Waals surface area contributed by atoms with Crippen molar-refractivity contribution in [2.24, 2.45) is 5.73 Å². The maximum atomic E-state index is 13.0. The fourth-order valence-corrected chi connectivity index (χ4v) is 1.21. The van der Waals surface area contributed by atoms with Crippen LogP contribution in [0.15, 0.2) is 18.2 Å². The van der Waals surface area contributed by atoms with Gasteiger partial charge >= 0.3 is 0 Å². The number of nitrogens with two attached hydrogens (primary N) is 1. The van der Waals surface area contributed by atoms with Gasteiger partial charge in [-0.25, -0.2) is 17.6 Å². The molecule has 0 radical (unpaired) electrons. The van der Waals surface area contributed by atoms with Gasteiger partial charge in [0.05, 0.1) is 5.92 Å². The Hall–Kier alpha value is -1.10. The zero-order chi connectivity index (χ0) is 10.7. The monoisotopic (exact) mass is 207 g/mol. The van der Waals surface area contributed by atoms with Crippen molar-refractivity contribution < 1.29 is 17.6 Å². The molecule has 1 nitrogen and oxygen atoms in total. The van der Waals surface area contributed by atoms with E-state index < -0.39 is 36.1 Å². The van der Waals surface area contributed by atoms with Crippen LogP contribution >= 0.6 is 0 Å². The van der Waals surface area contributed by atoms with Crippen molar-refractivity contribution in [1.29, 1.82) is 0 Å². The van der Waals surface area contributed by atoms with E-state index in [-0.39, 0.29) is 0 Å². The maximum absolute atomic E-state index is 13.0. The number of halogens is 4. The fraction of sp³-hybridized carbons (Fsp3) is 0.333. The van der Waals surface area contributed by atoms with E-state index in [2.05, 4.69) is 0 Å². The lowest BCUT2D eigenvalue weighted by Gasteiger charge is -2.15. The number of hydrogen-bond donors (Lipinski definition) is 1. The lowest BCUT2D eigenvalue weighted by atomic mass is 9.98. The van der Waals surface area contributed by atoms with Gasteiger partial charge in [-0.3, -0.25) is 0 Å². The van der Waals surface area contributed by atoms with Gasteiger partial charge in [-0.2, -0.15) is 0 Å². The molecular weight excluding hydrogens is 198 g/mol. The summed E-state index contributed by atoms with van der Waals surface area (Å²) < 4.78 is 50.7. The van der Waals surface area contributed by atoms with Crippen molar-refractivity contribution in [3.8, 4) is 0 Å². The normalized spacial score (nSPS) is 13.3. The third-order valence-electron chi connectivity index (χ3n) is 1.93. The Labute approximate surface area is 78.5 Å². The molecule has 14 heavy (non-hydrogen) atoms. The number of alkyl halides is 2. The Morgan fingerprint density at radius 1 is 1.14 bits per heavy atom. The van der Waals surface area contributed by atoms with Crippen LogP contribution in [0.25, 0.3) is 0 Å². The predicted molar refractivity (Wildman–Crippen MR) is 44.2 cm³/mol. The van der Waals surface area contributed by atoms with Gasteiger partial charge in [0.15, 0.2) is 0 Å². The summed E-state index contributed by atoms with van der Waals surface area (Å²) >= 11 is 0. The van der Waals surface area contributed by atoms with Crippen LogP contribution in [0.3, 0.4) is 0 Å². The summed E-state index contributed by atoms with van der Waals surface area (Å²) in [7, 11) is 0. The molecule has 0 saturated heterocycles. The Kier molecular flexibility index (Phi) is 3.46. The van der Waals surface area contributed by atoms with Crippen LogP contribution in [0.4, 0.5) is 17.6 Å². The number of hydrogen-bond acceptors (Lipinski definition) is 1. The standard InChI is InChI=1S/C9H9F4N/c10-6-2-1-3-7(11)8(6)5(4-14)9(12)13/h1-3,5,9H,4,14H2. The topological polar surface area (TPSA) is 26.0 Å². The SMILES string of the molecule is NCC(c1c(F)cccc1F)C(F)F.